The summed E-state index contributed by atoms with van der Waals surface area (Å²) in [5.41, 5.74) is 10.1. The van der Waals surface area contributed by atoms with E-state index in [4.69, 9.17) is 15.2 Å². The van der Waals surface area contributed by atoms with Crippen LogP contribution in [-0.4, -0.2) is 67.0 Å². The van der Waals surface area contributed by atoms with Gasteiger partial charge in [0.1, 0.15) is 0 Å². The summed E-state index contributed by atoms with van der Waals surface area (Å²) in [6.07, 6.45) is 1.40. The van der Waals surface area contributed by atoms with E-state index in [0.717, 1.165) is 48.9 Å². The van der Waals surface area contributed by atoms with Crippen LogP contribution in [0.1, 0.15) is 25.0 Å². The van der Waals surface area contributed by atoms with Crippen LogP contribution in [0, 0.1) is 0 Å². The van der Waals surface area contributed by atoms with Gasteiger partial charge in [-0.1, -0.05) is 55.1 Å². The first-order chi connectivity index (χ1) is 17.7. The maximum atomic E-state index is 11.9. The van der Waals surface area contributed by atoms with Gasteiger partial charge in [0.15, 0.2) is 0 Å². The van der Waals surface area contributed by atoms with Crippen LogP contribution in [-0.2, 0) is 30.4 Å². The summed E-state index contributed by atoms with van der Waals surface area (Å²) in [5, 5.41) is 0. The van der Waals surface area contributed by atoms with Crippen molar-refractivity contribution in [2.75, 3.05) is 33.4 Å². The van der Waals surface area contributed by atoms with E-state index >= 15 is 0 Å². The normalized spacial score (nSPS) is 14.7. The van der Waals surface area contributed by atoms with E-state index in [-0.39, 0.29) is 17.2 Å². The first kappa shape index (κ1) is 27.5. The van der Waals surface area contributed by atoms with E-state index in [0.29, 0.717) is 5.56 Å². The van der Waals surface area contributed by atoms with Gasteiger partial charge in [-0.3, -0.25) is 14.5 Å². The largest absolute Gasteiger partial charge is 0.465 e. The fourth-order valence-electron chi connectivity index (χ4n) is 3.91. The molecule has 1 aliphatic heterocycles. The van der Waals surface area contributed by atoms with Crippen LogP contribution in [0.25, 0.3) is 16.8 Å². The molecular formula is C28H32N4O5. The number of esters is 1. The van der Waals surface area contributed by atoms with Crippen LogP contribution in [0.2, 0.25) is 0 Å². The zero-order valence-electron chi connectivity index (χ0n) is 21.4. The quantitative estimate of drug-likeness (QED) is 0.203. The number of hydrogen-bond donors (Lipinski definition) is 1. The molecule has 37 heavy (non-hydrogen) atoms. The Balaban J connectivity index is 1.86. The minimum atomic E-state index is -0.643. The highest BCUT2D eigenvalue weighted by Gasteiger charge is 2.19. The smallest absolute Gasteiger partial charge is 0.337 e. The lowest BCUT2D eigenvalue weighted by molar-refractivity contribution is -0.137. The Morgan fingerprint density at radius 1 is 1.03 bits per heavy atom. The average molecular weight is 505 g/mol. The molecule has 1 aliphatic rings. The molecule has 0 spiro atoms. The number of morpholine rings is 1. The lowest BCUT2D eigenvalue weighted by Crippen LogP contribution is -2.43. The number of nitrogens with zero attached hydrogens (tertiary/aromatic N) is 3. The summed E-state index contributed by atoms with van der Waals surface area (Å²) in [7, 11) is 1.24. The monoisotopic (exact) mass is 504 g/mol. The first-order valence-electron chi connectivity index (χ1n) is 11.8. The van der Waals surface area contributed by atoms with E-state index in [2.05, 4.69) is 40.7 Å². The number of carbonyl (C=O) groups is 3. The molecule has 0 atom stereocenters. The summed E-state index contributed by atoms with van der Waals surface area (Å²) < 4.78 is 10.1. The SMILES string of the molecule is C=C(/C=C(\N=C(/N)N(C(C)=O)C(C)=O)c1ccc(-c2ccc(CN3CCOCC3)cc2)cc1)C(=O)OC. The number of imide groups is 1. The van der Waals surface area contributed by atoms with Gasteiger partial charge in [0.25, 0.3) is 0 Å². The predicted molar refractivity (Wildman–Crippen MR) is 142 cm³/mol. The number of amides is 2. The molecule has 0 radical (unpaired) electrons. The highest BCUT2D eigenvalue weighted by Crippen LogP contribution is 2.25. The third kappa shape index (κ3) is 7.45. The minimum absolute atomic E-state index is 0.0335. The van der Waals surface area contributed by atoms with Crippen LogP contribution in [0.4, 0.5) is 0 Å². The molecule has 9 nitrogen and oxygen atoms in total. The van der Waals surface area contributed by atoms with Gasteiger partial charge >= 0.3 is 5.97 Å². The average Bonchev–Trinajstić information content (AvgIpc) is 2.88. The van der Waals surface area contributed by atoms with E-state index in [9.17, 15) is 14.4 Å². The molecule has 2 aromatic carbocycles. The number of rotatable bonds is 7. The molecule has 1 heterocycles. The zero-order valence-corrected chi connectivity index (χ0v) is 21.4. The Labute approximate surface area is 216 Å². The summed E-state index contributed by atoms with van der Waals surface area (Å²) in [6.45, 7) is 10.4. The molecular weight excluding hydrogens is 472 g/mol. The van der Waals surface area contributed by atoms with Crippen LogP contribution in [0.5, 0.6) is 0 Å². The number of hydrogen-bond acceptors (Lipinski definition) is 7. The van der Waals surface area contributed by atoms with Gasteiger partial charge in [-0.05, 0) is 22.8 Å². The molecule has 1 saturated heterocycles. The number of guanidine groups is 1. The molecule has 0 aliphatic carbocycles. The molecule has 9 heteroatoms. The van der Waals surface area contributed by atoms with Crippen LogP contribution < -0.4 is 5.73 Å². The second kappa shape index (κ2) is 12.8. The van der Waals surface area contributed by atoms with E-state index in [1.54, 1.807) is 0 Å². The van der Waals surface area contributed by atoms with Gasteiger partial charge in [0.05, 0.1) is 31.6 Å². The fourth-order valence-corrected chi connectivity index (χ4v) is 3.91. The molecule has 0 saturated carbocycles. The van der Waals surface area contributed by atoms with Gasteiger partial charge < -0.3 is 15.2 Å². The van der Waals surface area contributed by atoms with Gasteiger partial charge in [0.2, 0.25) is 17.8 Å². The Morgan fingerprint density at radius 2 is 1.57 bits per heavy atom. The van der Waals surface area contributed by atoms with Gasteiger partial charge in [-0.25, -0.2) is 14.7 Å². The van der Waals surface area contributed by atoms with Crippen molar-refractivity contribution >= 4 is 29.4 Å². The Morgan fingerprint density at radius 3 is 2.08 bits per heavy atom. The van der Waals surface area contributed by atoms with Crippen molar-refractivity contribution in [1.82, 2.24) is 9.80 Å². The molecule has 0 bridgehead atoms. The maximum Gasteiger partial charge on any atom is 0.337 e. The molecule has 0 unspecified atom stereocenters. The molecule has 2 aromatic rings. The summed E-state index contributed by atoms with van der Waals surface area (Å²) in [5.74, 6) is -2.11. The summed E-state index contributed by atoms with van der Waals surface area (Å²) in [4.78, 5) is 43.1. The standard InChI is InChI=1S/C28H32N4O5/c1-19(27(35)36-4)17-26(30-28(29)32(20(2)33)21(3)34)25-11-9-24(10-12-25)23-7-5-22(6-8-23)18-31-13-15-37-16-14-31/h5-12,17H,1,13-16,18H2,2-4H3,(H2,29,30)/b26-17-. The Bertz CT molecular complexity index is 1200. The molecule has 0 aromatic heterocycles. The van der Waals surface area contributed by atoms with Crippen molar-refractivity contribution in [3.8, 4) is 11.1 Å². The molecule has 2 N–H and O–H groups in total. The van der Waals surface area contributed by atoms with Crippen molar-refractivity contribution in [3.63, 3.8) is 0 Å². The van der Waals surface area contributed by atoms with Crippen molar-refractivity contribution < 1.29 is 23.9 Å². The number of aliphatic imine (C=N–C) groups is 1. The maximum absolute atomic E-state index is 11.9. The van der Waals surface area contributed by atoms with Crippen molar-refractivity contribution in [3.05, 3.63) is 77.9 Å². The third-order valence-corrected chi connectivity index (χ3v) is 5.83. The van der Waals surface area contributed by atoms with Crippen LogP contribution in [0.15, 0.2) is 71.8 Å². The Kier molecular flexibility index (Phi) is 9.48. The van der Waals surface area contributed by atoms with E-state index in [1.807, 2.05) is 24.3 Å². The van der Waals surface area contributed by atoms with Crippen LogP contribution in [0.3, 0.4) is 0 Å². The van der Waals surface area contributed by atoms with Gasteiger partial charge in [-0.2, -0.15) is 0 Å². The number of methoxy groups -OCH3 is 1. The van der Waals surface area contributed by atoms with Crippen LogP contribution >= 0.6 is 0 Å². The lowest BCUT2D eigenvalue weighted by atomic mass is 10.0. The number of carbonyl (C=O) groups excluding carboxylic acids is 3. The molecule has 1 fully saturated rings. The number of benzene rings is 2. The topological polar surface area (TPSA) is 115 Å². The van der Waals surface area contributed by atoms with E-state index in [1.165, 1.54) is 32.6 Å². The molecule has 3 rings (SSSR count). The second-order valence-corrected chi connectivity index (χ2v) is 8.55. The fraction of sp³-hybridized carbons (Fsp3) is 0.286. The number of ether oxygens (including phenoxy) is 2. The number of nitrogens with two attached hydrogens (primary N) is 1. The third-order valence-electron chi connectivity index (χ3n) is 5.83. The zero-order chi connectivity index (χ0) is 26.9. The van der Waals surface area contributed by atoms with Gasteiger partial charge in [-0.15, -0.1) is 0 Å². The highest BCUT2D eigenvalue weighted by molar-refractivity contribution is 6.11. The lowest BCUT2D eigenvalue weighted by Gasteiger charge is -2.26. The first-order valence-corrected chi connectivity index (χ1v) is 11.8. The summed E-state index contributed by atoms with van der Waals surface area (Å²) in [6, 6.07) is 15.9. The molecule has 2 amide bonds. The van der Waals surface area contributed by atoms with Crippen molar-refractivity contribution in [2.24, 2.45) is 10.7 Å². The summed E-state index contributed by atoms with van der Waals surface area (Å²) >= 11 is 0. The van der Waals surface area contributed by atoms with Crippen molar-refractivity contribution in [1.29, 1.82) is 0 Å². The molecule has 194 valence electrons. The van der Waals surface area contributed by atoms with Crippen molar-refractivity contribution in [2.45, 2.75) is 20.4 Å². The second-order valence-electron chi connectivity index (χ2n) is 8.55. The highest BCUT2D eigenvalue weighted by atomic mass is 16.5. The minimum Gasteiger partial charge on any atom is -0.465 e. The van der Waals surface area contributed by atoms with E-state index < -0.39 is 17.8 Å². The Hall–Kier alpha value is -4.08. The van der Waals surface area contributed by atoms with Gasteiger partial charge in [0, 0.05) is 39.0 Å². The predicted octanol–water partition coefficient (Wildman–Crippen LogP) is 2.97.